The maximum absolute atomic E-state index is 8.55. The molecule has 2 nitrogen and oxygen atoms in total. The molecule has 0 aliphatic carbocycles. The van der Waals surface area contributed by atoms with Crippen LogP contribution in [0.3, 0.4) is 0 Å². The van der Waals surface area contributed by atoms with Gasteiger partial charge in [0.15, 0.2) is 0 Å². The second-order valence-corrected chi connectivity index (χ2v) is 2.57. The summed E-state index contributed by atoms with van der Waals surface area (Å²) in [4.78, 5) is 0.839. The molecule has 1 aromatic heterocycles. The second kappa shape index (κ2) is 2.62. The molecule has 0 saturated carbocycles. The third-order valence-corrected chi connectivity index (χ3v) is 1.86. The number of hydrogen-bond acceptors (Lipinski definition) is 3. The summed E-state index contributed by atoms with van der Waals surface area (Å²) in [5.74, 6) is 0. The topological polar surface area (TPSA) is 44.0 Å². The van der Waals surface area contributed by atoms with Gasteiger partial charge in [0.25, 0.3) is 0 Å². The van der Waals surface area contributed by atoms with Gasteiger partial charge < -0.3 is 5.11 Å². The molecule has 3 heteroatoms. The van der Waals surface area contributed by atoms with E-state index in [4.69, 9.17) is 10.4 Å². The lowest BCUT2D eigenvalue weighted by Gasteiger charge is -1.79. The van der Waals surface area contributed by atoms with Gasteiger partial charge in [-0.15, -0.1) is 11.3 Å². The Morgan fingerprint density at radius 2 is 2.56 bits per heavy atom. The molecule has 1 rings (SSSR count). The van der Waals surface area contributed by atoms with Crippen molar-refractivity contribution in [2.45, 2.75) is 6.61 Å². The molecule has 0 aliphatic rings. The summed E-state index contributed by atoms with van der Waals surface area (Å²) in [6.07, 6.45) is 0. The molecule has 0 fully saturated rings. The van der Waals surface area contributed by atoms with Crippen molar-refractivity contribution in [1.29, 1.82) is 5.26 Å². The summed E-state index contributed by atoms with van der Waals surface area (Å²) in [5, 5.41) is 18.6. The summed E-state index contributed by atoms with van der Waals surface area (Å²) in [6, 6.07) is 3.67. The van der Waals surface area contributed by atoms with Crippen LogP contribution in [0.4, 0.5) is 0 Å². The van der Waals surface area contributed by atoms with E-state index in [1.807, 2.05) is 6.07 Å². The van der Waals surface area contributed by atoms with Crippen molar-refractivity contribution in [3.63, 3.8) is 0 Å². The van der Waals surface area contributed by atoms with Crippen molar-refractivity contribution in [1.82, 2.24) is 0 Å². The van der Waals surface area contributed by atoms with Crippen LogP contribution in [0, 0.1) is 11.3 Å². The molecule has 0 saturated heterocycles. The van der Waals surface area contributed by atoms with E-state index >= 15 is 0 Å². The molecule has 0 aromatic carbocycles. The molecular weight excluding hydrogens is 134 g/mol. The summed E-state index contributed by atoms with van der Waals surface area (Å²) in [7, 11) is 0. The number of hydrogen-bond donors (Lipinski definition) is 1. The lowest BCUT2D eigenvalue weighted by atomic mass is 10.3. The Hall–Kier alpha value is -0.850. The van der Waals surface area contributed by atoms with Crippen LogP contribution in [0.15, 0.2) is 11.4 Å². The Morgan fingerprint density at radius 3 is 2.89 bits per heavy atom. The Bertz CT molecular complexity index is 235. The molecule has 0 aliphatic heterocycles. The third-order valence-electron chi connectivity index (χ3n) is 0.939. The molecule has 46 valence electrons. The van der Waals surface area contributed by atoms with Gasteiger partial charge in [0.2, 0.25) is 0 Å². The van der Waals surface area contributed by atoms with Crippen molar-refractivity contribution in [2.24, 2.45) is 0 Å². The van der Waals surface area contributed by atoms with Gasteiger partial charge in [-0.3, -0.25) is 0 Å². The minimum Gasteiger partial charge on any atom is -0.391 e. The summed E-state index contributed by atoms with van der Waals surface area (Å²) < 4.78 is 0. The van der Waals surface area contributed by atoms with Crippen molar-refractivity contribution in [3.05, 3.63) is 21.9 Å². The van der Waals surface area contributed by atoms with Gasteiger partial charge in [0.05, 0.1) is 12.2 Å². The number of nitriles is 1. The molecule has 0 bridgehead atoms. The molecule has 9 heavy (non-hydrogen) atoms. The molecule has 1 aromatic rings. The van der Waals surface area contributed by atoms with Crippen LogP contribution < -0.4 is 0 Å². The van der Waals surface area contributed by atoms with E-state index in [0.717, 1.165) is 4.88 Å². The van der Waals surface area contributed by atoms with E-state index in [1.165, 1.54) is 11.3 Å². The number of aliphatic hydroxyl groups excluding tert-OH is 1. The van der Waals surface area contributed by atoms with Gasteiger partial charge in [-0.25, -0.2) is 0 Å². The van der Waals surface area contributed by atoms with Gasteiger partial charge >= 0.3 is 0 Å². The van der Waals surface area contributed by atoms with Crippen molar-refractivity contribution >= 4 is 11.3 Å². The summed E-state index contributed by atoms with van der Waals surface area (Å²) >= 11 is 1.40. The van der Waals surface area contributed by atoms with E-state index in [9.17, 15) is 0 Å². The zero-order chi connectivity index (χ0) is 6.69. The predicted molar refractivity (Wildman–Crippen MR) is 35.0 cm³/mol. The number of nitrogens with zero attached hydrogens (tertiary/aromatic N) is 1. The van der Waals surface area contributed by atoms with Crippen LogP contribution in [0.25, 0.3) is 0 Å². The maximum Gasteiger partial charge on any atom is 0.100 e. The summed E-state index contributed by atoms with van der Waals surface area (Å²) in [6.45, 7) is 0.0341. The lowest BCUT2D eigenvalue weighted by Crippen LogP contribution is -1.71. The quantitative estimate of drug-likeness (QED) is 0.633. The fourth-order valence-electron chi connectivity index (χ4n) is 0.522. The van der Waals surface area contributed by atoms with E-state index in [0.29, 0.717) is 5.56 Å². The molecule has 1 heterocycles. The zero-order valence-corrected chi connectivity index (χ0v) is 5.48. The first-order valence-corrected chi connectivity index (χ1v) is 3.33. The average molecular weight is 139 g/mol. The van der Waals surface area contributed by atoms with E-state index in [-0.39, 0.29) is 6.61 Å². The molecule has 0 amide bonds. The van der Waals surface area contributed by atoms with Gasteiger partial charge in [-0.2, -0.15) is 5.26 Å². The highest BCUT2D eigenvalue weighted by Gasteiger charge is 1.94. The second-order valence-electron chi connectivity index (χ2n) is 1.57. The first-order chi connectivity index (χ1) is 4.36. The molecule has 0 spiro atoms. The highest BCUT2D eigenvalue weighted by molar-refractivity contribution is 7.10. The fourth-order valence-corrected chi connectivity index (χ4v) is 1.19. The van der Waals surface area contributed by atoms with E-state index < -0.39 is 0 Å². The third kappa shape index (κ3) is 1.28. The van der Waals surface area contributed by atoms with Crippen LogP contribution in [-0.2, 0) is 6.61 Å². The highest BCUT2D eigenvalue weighted by atomic mass is 32.1. The first-order valence-electron chi connectivity index (χ1n) is 2.45. The number of rotatable bonds is 1. The molecule has 0 atom stereocenters. The van der Waals surface area contributed by atoms with Gasteiger partial charge in [-0.05, 0) is 6.07 Å². The Morgan fingerprint density at radius 1 is 1.78 bits per heavy atom. The van der Waals surface area contributed by atoms with Crippen molar-refractivity contribution in [3.8, 4) is 6.07 Å². The smallest absolute Gasteiger partial charge is 0.100 e. The SMILES string of the molecule is N#Cc1csc(CO)c1. The van der Waals surface area contributed by atoms with Crippen molar-refractivity contribution < 1.29 is 5.11 Å². The lowest BCUT2D eigenvalue weighted by molar-refractivity contribution is 0.285. The van der Waals surface area contributed by atoms with Crippen molar-refractivity contribution in [2.75, 3.05) is 0 Å². The monoisotopic (exact) mass is 139 g/mol. The molecule has 1 N–H and O–H groups in total. The first kappa shape index (κ1) is 6.27. The normalized spacial score (nSPS) is 8.89. The highest BCUT2D eigenvalue weighted by Crippen LogP contribution is 2.12. The zero-order valence-electron chi connectivity index (χ0n) is 4.66. The van der Waals surface area contributed by atoms with Crippen LogP contribution in [0.5, 0.6) is 0 Å². The largest absolute Gasteiger partial charge is 0.391 e. The molecule has 0 unspecified atom stereocenters. The van der Waals surface area contributed by atoms with E-state index in [1.54, 1.807) is 11.4 Å². The van der Waals surface area contributed by atoms with Gasteiger partial charge in [-0.1, -0.05) is 0 Å². The maximum atomic E-state index is 8.55. The average Bonchev–Trinajstić information content (AvgIpc) is 2.34. The Labute approximate surface area is 57.0 Å². The minimum absolute atomic E-state index is 0.0341. The Balaban J connectivity index is 2.90. The molecule has 0 radical (unpaired) electrons. The van der Waals surface area contributed by atoms with Crippen LogP contribution in [0.2, 0.25) is 0 Å². The number of aliphatic hydroxyl groups is 1. The number of thiophene rings is 1. The van der Waals surface area contributed by atoms with Gasteiger partial charge in [0.1, 0.15) is 6.07 Å². The van der Waals surface area contributed by atoms with Crippen LogP contribution in [-0.4, -0.2) is 5.11 Å². The molecular formula is C6H5NOS. The Kier molecular flexibility index (Phi) is 1.83. The minimum atomic E-state index is 0.0341. The van der Waals surface area contributed by atoms with Crippen LogP contribution in [0.1, 0.15) is 10.4 Å². The predicted octanol–water partition coefficient (Wildman–Crippen LogP) is 1.11. The fraction of sp³-hybridized carbons (Fsp3) is 0.167. The van der Waals surface area contributed by atoms with Gasteiger partial charge in [0, 0.05) is 10.3 Å². The van der Waals surface area contributed by atoms with Crippen LogP contribution >= 0.6 is 11.3 Å². The van der Waals surface area contributed by atoms with E-state index in [2.05, 4.69) is 0 Å². The standard InChI is InChI=1S/C6H5NOS/c7-2-5-1-6(3-8)9-4-5/h1,4,8H,3H2. The summed E-state index contributed by atoms with van der Waals surface area (Å²) in [5.41, 5.74) is 0.629.